The second-order valence-electron chi connectivity index (χ2n) is 5.02. The second kappa shape index (κ2) is 7.06. The van der Waals surface area contributed by atoms with E-state index in [2.05, 4.69) is 15.2 Å². The standard InChI is InChI=1S/C15H14ClN5O2S/c1-10(20-6-5-17-9-20)14-18-19-15(24-8-13(22)23)21(14)12-4-2-3-11(16)7-12/h2-7,9-10H,8H2,1H3,(H,22,23)/t10-/m0/s1. The molecule has 0 saturated carbocycles. The zero-order chi connectivity index (χ0) is 17.1. The van der Waals surface area contributed by atoms with E-state index in [1.165, 1.54) is 0 Å². The second-order valence-corrected chi connectivity index (χ2v) is 6.40. The van der Waals surface area contributed by atoms with Gasteiger partial charge in [-0.15, -0.1) is 10.2 Å². The van der Waals surface area contributed by atoms with Crippen molar-refractivity contribution in [2.45, 2.75) is 18.1 Å². The molecule has 2 aromatic heterocycles. The lowest BCUT2D eigenvalue weighted by Crippen LogP contribution is -2.12. The van der Waals surface area contributed by atoms with Crippen LogP contribution in [0.2, 0.25) is 5.02 Å². The van der Waals surface area contributed by atoms with Crippen molar-refractivity contribution in [2.24, 2.45) is 0 Å². The molecule has 3 rings (SSSR count). The largest absolute Gasteiger partial charge is 0.481 e. The minimum absolute atomic E-state index is 0.0991. The van der Waals surface area contributed by atoms with Gasteiger partial charge in [0.1, 0.15) is 0 Å². The fourth-order valence-corrected chi connectivity index (χ4v) is 3.13. The lowest BCUT2D eigenvalue weighted by molar-refractivity contribution is -0.133. The van der Waals surface area contributed by atoms with E-state index in [-0.39, 0.29) is 11.8 Å². The molecule has 3 aromatic rings. The Kier molecular flexibility index (Phi) is 4.86. The van der Waals surface area contributed by atoms with E-state index in [1.807, 2.05) is 34.4 Å². The topological polar surface area (TPSA) is 85.8 Å². The average Bonchev–Trinajstić information content (AvgIpc) is 3.22. The summed E-state index contributed by atoms with van der Waals surface area (Å²) in [4.78, 5) is 14.9. The Morgan fingerprint density at radius 3 is 2.92 bits per heavy atom. The Morgan fingerprint density at radius 1 is 1.42 bits per heavy atom. The van der Waals surface area contributed by atoms with Gasteiger partial charge in [-0.3, -0.25) is 9.36 Å². The molecule has 0 bridgehead atoms. The first-order valence-corrected chi connectivity index (χ1v) is 8.46. The summed E-state index contributed by atoms with van der Waals surface area (Å²) in [6, 6.07) is 7.15. The first kappa shape index (κ1) is 16.5. The smallest absolute Gasteiger partial charge is 0.313 e. The van der Waals surface area contributed by atoms with Crippen LogP contribution in [-0.2, 0) is 4.79 Å². The van der Waals surface area contributed by atoms with Crippen LogP contribution in [0, 0.1) is 0 Å². The number of nitrogens with zero attached hydrogens (tertiary/aromatic N) is 5. The summed E-state index contributed by atoms with van der Waals surface area (Å²) in [5.41, 5.74) is 0.780. The molecule has 9 heteroatoms. The highest BCUT2D eigenvalue weighted by Gasteiger charge is 2.21. The number of carboxylic acids is 1. The van der Waals surface area contributed by atoms with Crippen molar-refractivity contribution in [3.8, 4) is 5.69 Å². The summed E-state index contributed by atoms with van der Waals surface area (Å²) < 4.78 is 3.72. The van der Waals surface area contributed by atoms with Gasteiger partial charge in [-0.25, -0.2) is 4.98 Å². The van der Waals surface area contributed by atoms with Crippen LogP contribution in [0.25, 0.3) is 5.69 Å². The molecular weight excluding hydrogens is 350 g/mol. The van der Waals surface area contributed by atoms with E-state index in [9.17, 15) is 4.79 Å². The molecule has 1 atom stereocenters. The quantitative estimate of drug-likeness (QED) is 0.678. The number of carbonyl (C=O) groups is 1. The molecule has 0 aliphatic heterocycles. The van der Waals surface area contributed by atoms with E-state index in [4.69, 9.17) is 16.7 Å². The predicted octanol–water partition coefficient (Wildman–Crippen LogP) is 2.90. The monoisotopic (exact) mass is 363 g/mol. The molecule has 7 nitrogen and oxygen atoms in total. The van der Waals surface area contributed by atoms with Crippen LogP contribution in [0.5, 0.6) is 0 Å². The van der Waals surface area contributed by atoms with Gasteiger partial charge in [0.15, 0.2) is 11.0 Å². The number of aromatic nitrogens is 5. The minimum atomic E-state index is -0.912. The lowest BCUT2D eigenvalue weighted by Gasteiger charge is -2.15. The van der Waals surface area contributed by atoms with Gasteiger partial charge in [0.25, 0.3) is 0 Å². The minimum Gasteiger partial charge on any atom is -0.481 e. The van der Waals surface area contributed by atoms with Crippen LogP contribution >= 0.6 is 23.4 Å². The number of aliphatic carboxylic acids is 1. The number of halogens is 1. The molecule has 124 valence electrons. The molecule has 1 N–H and O–H groups in total. The number of thioether (sulfide) groups is 1. The van der Waals surface area contributed by atoms with Gasteiger partial charge in [0.05, 0.1) is 23.8 Å². The molecule has 0 fully saturated rings. The summed E-state index contributed by atoms with van der Waals surface area (Å²) in [5, 5.41) is 18.4. The van der Waals surface area contributed by atoms with Gasteiger partial charge >= 0.3 is 5.97 Å². The zero-order valence-corrected chi connectivity index (χ0v) is 14.3. The van der Waals surface area contributed by atoms with Crippen LogP contribution in [0.4, 0.5) is 0 Å². The van der Waals surface area contributed by atoms with Gasteiger partial charge < -0.3 is 9.67 Å². The summed E-state index contributed by atoms with van der Waals surface area (Å²) in [5.74, 6) is -0.342. The molecule has 1 aromatic carbocycles. The maximum Gasteiger partial charge on any atom is 0.313 e. The fraction of sp³-hybridized carbons (Fsp3) is 0.200. The van der Waals surface area contributed by atoms with E-state index in [0.29, 0.717) is 16.0 Å². The van der Waals surface area contributed by atoms with E-state index in [0.717, 1.165) is 17.4 Å². The van der Waals surface area contributed by atoms with Crippen molar-refractivity contribution >= 4 is 29.3 Å². The Balaban J connectivity index is 2.07. The zero-order valence-electron chi connectivity index (χ0n) is 12.7. The van der Waals surface area contributed by atoms with Gasteiger partial charge in [0, 0.05) is 17.4 Å². The summed E-state index contributed by atoms with van der Waals surface area (Å²) in [7, 11) is 0. The van der Waals surface area contributed by atoms with Crippen molar-refractivity contribution < 1.29 is 9.90 Å². The molecule has 2 heterocycles. The third-order valence-electron chi connectivity index (χ3n) is 3.40. The molecule has 0 radical (unpaired) electrons. The summed E-state index contributed by atoms with van der Waals surface area (Å²) in [6.07, 6.45) is 5.23. The molecule has 0 amide bonds. The number of benzene rings is 1. The van der Waals surface area contributed by atoms with Gasteiger partial charge in [-0.05, 0) is 25.1 Å². The van der Waals surface area contributed by atoms with Crippen LogP contribution < -0.4 is 0 Å². The molecular formula is C15H14ClN5O2S. The molecule has 24 heavy (non-hydrogen) atoms. The predicted molar refractivity (Wildman–Crippen MR) is 90.8 cm³/mol. The SMILES string of the molecule is C[C@@H](c1nnc(SCC(=O)O)n1-c1cccc(Cl)c1)n1ccnc1. The van der Waals surface area contributed by atoms with Gasteiger partial charge in [-0.1, -0.05) is 29.4 Å². The lowest BCUT2D eigenvalue weighted by atomic mass is 10.2. The average molecular weight is 364 g/mol. The van der Waals surface area contributed by atoms with E-state index in [1.54, 1.807) is 24.7 Å². The Morgan fingerprint density at radius 2 is 2.25 bits per heavy atom. The molecule has 0 spiro atoms. The third-order valence-corrected chi connectivity index (χ3v) is 4.54. The number of rotatable bonds is 6. The van der Waals surface area contributed by atoms with Gasteiger partial charge in [0.2, 0.25) is 0 Å². The number of imidazole rings is 1. The van der Waals surface area contributed by atoms with Crippen LogP contribution in [0.15, 0.2) is 48.1 Å². The fourth-order valence-electron chi connectivity index (χ4n) is 2.26. The van der Waals surface area contributed by atoms with E-state index < -0.39 is 5.97 Å². The molecule has 0 unspecified atom stereocenters. The molecule has 0 saturated heterocycles. The maximum absolute atomic E-state index is 10.9. The van der Waals surface area contributed by atoms with Crippen LogP contribution in [-0.4, -0.2) is 41.1 Å². The first-order chi connectivity index (χ1) is 11.6. The van der Waals surface area contributed by atoms with E-state index >= 15 is 0 Å². The molecule has 0 aliphatic carbocycles. The van der Waals surface area contributed by atoms with Crippen LogP contribution in [0.3, 0.4) is 0 Å². The Labute approximate surface area is 147 Å². The first-order valence-electron chi connectivity index (χ1n) is 7.09. The maximum atomic E-state index is 10.9. The Bertz CT molecular complexity index is 849. The summed E-state index contributed by atoms with van der Waals surface area (Å²) >= 11 is 7.22. The highest BCUT2D eigenvalue weighted by Crippen LogP contribution is 2.27. The number of hydrogen-bond acceptors (Lipinski definition) is 5. The van der Waals surface area contributed by atoms with Crippen molar-refractivity contribution in [2.75, 3.05) is 5.75 Å². The number of hydrogen-bond donors (Lipinski definition) is 1. The normalized spacial score (nSPS) is 12.2. The molecule has 0 aliphatic rings. The van der Waals surface area contributed by atoms with Crippen molar-refractivity contribution in [3.63, 3.8) is 0 Å². The number of carboxylic acid groups (broad SMARTS) is 1. The van der Waals surface area contributed by atoms with Crippen molar-refractivity contribution in [1.29, 1.82) is 0 Å². The third kappa shape index (κ3) is 3.44. The Hall–Kier alpha value is -2.32. The summed E-state index contributed by atoms with van der Waals surface area (Å²) in [6.45, 7) is 1.97. The van der Waals surface area contributed by atoms with Gasteiger partial charge in [-0.2, -0.15) is 0 Å². The van der Waals surface area contributed by atoms with Crippen LogP contribution in [0.1, 0.15) is 18.8 Å². The highest BCUT2D eigenvalue weighted by atomic mass is 35.5. The highest BCUT2D eigenvalue weighted by molar-refractivity contribution is 7.99. The van der Waals surface area contributed by atoms with Crippen molar-refractivity contribution in [3.05, 3.63) is 53.8 Å². The van der Waals surface area contributed by atoms with Crippen molar-refractivity contribution in [1.82, 2.24) is 24.3 Å².